The first kappa shape index (κ1) is 12.2. The van der Waals surface area contributed by atoms with Crippen LogP contribution in [0.1, 0.15) is 46.5 Å². The molecule has 0 aromatic rings. The van der Waals surface area contributed by atoms with E-state index < -0.39 is 0 Å². The second-order valence-electron chi connectivity index (χ2n) is 6.22. The van der Waals surface area contributed by atoms with Crippen molar-refractivity contribution in [3.8, 4) is 0 Å². The number of allylic oxidation sites excluding steroid dienone is 2. The standard InChI is InChI=1S/C15H26O/c1-10(2)13-7-5-12(9-16)14-6-4-11(3)8-15(13)14/h8,10,12-16H,4-7,9H2,1-3H3. The average Bonchev–Trinajstić information content (AvgIpc) is 2.26. The molecule has 4 atom stereocenters. The zero-order chi connectivity index (χ0) is 11.7. The zero-order valence-electron chi connectivity index (χ0n) is 10.9. The van der Waals surface area contributed by atoms with Crippen LogP contribution < -0.4 is 0 Å². The minimum Gasteiger partial charge on any atom is -0.396 e. The first-order valence-electron chi connectivity index (χ1n) is 6.91. The van der Waals surface area contributed by atoms with E-state index in [-0.39, 0.29) is 0 Å². The molecule has 0 bridgehead atoms. The van der Waals surface area contributed by atoms with Gasteiger partial charge in [-0.05, 0) is 62.2 Å². The molecule has 0 spiro atoms. The monoisotopic (exact) mass is 222 g/mol. The summed E-state index contributed by atoms with van der Waals surface area (Å²) in [7, 11) is 0. The van der Waals surface area contributed by atoms with E-state index in [0.29, 0.717) is 12.5 Å². The summed E-state index contributed by atoms with van der Waals surface area (Å²) in [5, 5.41) is 9.50. The quantitative estimate of drug-likeness (QED) is 0.707. The van der Waals surface area contributed by atoms with Gasteiger partial charge in [0.25, 0.3) is 0 Å². The summed E-state index contributed by atoms with van der Waals surface area (Å²) < 4.78 is 0. The molecule has 0 aromatic carbocycles. The highest BCUT2D eigenvalue weighted by Crippen LogP contribution is 2.47. The summed E-state index contributed by atoms with van der Waals surface area (Å²) in [6.45, 7) is 7.40. The maximum absolute atomic E-state index is 9.50. The summed E-state index contributed by atoms with van der Waals surface area (Å²) in [5.41, 5.74) is 1.57. The van der Waals surface area contributed by atoms with E-state index in [1.807, 2.05) is 0 Å². The lowest BCUT2D eigenvalue weighted by Crippen LogP contribution is -2.39. The van der Waals surface area contributed by atoms with Crippen LogP contribution in [0.4, 0.5) is 0 Å². The summed E-state index contributed by atoms with van der Waals surface area (Å²) in [4.78, 5) is 0. The third-order valence-corrected chi connectivity index (χ3v) is 4.90. The lowest BCUT2D eigenvalue weighted by Gasteiger charge is -2.45. The topological polar surface area (TPSA) is 20.2 Å². The fraction of sp³-hybridized carbons (Fsp3) is 0.867. The molecule has 0 amide bonds. The number of hydrogen-bond donors (Lipinski definition) is 1. The van der Waals surface area contributed by atoms with Crippen molar-refractivity contribution in [1.29, 1.82) is 0 Å². The van der Waals surface area contributed by atoms with Gasteiger partial charge in [-0.25, -0.2) is 0 Å². The SMILES string of the molecule is CC1=CC2C(C(C)C)CCC(CO)C2CC1. The second kappa shape index (κ2) is 4.91. The molecule has 0 radical (unpaired) electrons. The lowest BCUT2D eigenvalue weighted by atomic mass is 9.60. The van der Waals surface area contributed by atoms with Gasteiger partial charge in [0.2, 0.25) is 0 Å². The Morgan fingerprint density at radius 3 is 2.69 bits per heavy atom. The Bertz CT molecular complexity index is 267. The molecule has 0 heterocycles. The van der Waals surface area contributed by atoms with Crippen molar-refractivity contribution in [1.82, 2.24) is 0 Å². The van der Waals surface area contributed by atoms with E-state index in [4.69, 9.17) is 0 Å². The van der Waals surface area contributed by atoms with E-state index in [1.165, 1.54) is 25.7 Å². The van der Waals surface area contributed by atoms with Crippen LogP contribution in [0.5, 0.6) is 0 Å². The van der Waals surface area contributed by atoms with Crippen LogP contribution in [0.15, 0.2) is 11.6 Å². The molecule has 0 aliphatic heterocycles. The van der Waals surface area contributed by atoms with Gasteiger partial charge >= 0.3 is 0 Å². The maximum atomic E-state index is 9.50. The van der Waals surface area contributed by atoms with Gasteiger partial charge in [-0.2, -0.15) is 0 Å². The molecule has 0 saturated heterocycles. The van der Waals surface area contributed by atoms with Crippen molar-refractivity contribution in [3.05, 3.63) is 11.6 Å². The van der Waals surface area contributed by atoms with Crippen LogP contribution >= 0.6 is 0 Å². The number of hydrogen-bond acceptors (Lipinski definition) is 1. The lowest BCUT2D eigenvalue weighted by molar-refractivity contribution is 0.0440. The molecule has 16 heavy (non-hydrogen) atoms. The highest BCUT2D eigenvalue weighted by Gasteiger charge is 2.40. The molecule has 1 heteroatoms. The summed E-state index contributed by atoms with van der Waals surface area (Å²) in [5.74, 6) is 3.72. The highest BCUT2D eigenvalue weighted by atomic mass is 16.3. The predicted octanol–water partition coefficient (Wildman–Crippen LogP) is 3.63. The number of aliphatic hydroxyl groups is 1. The van der Waals surface area contributed by atoms with Gasteiger partial charge < -0.3 is 5.11 Å². The molecular weight excluding hydrogens is 196 g/mol. The fourth-order valence-electron chi connectivity index (χ4n) is 3.93. The number of rotatable bonds is 2. The summed E-state index contributed by atoms with van der Waals surface area (Å²) in [6.07, 6.45) is 7.64. The molecule has 2 rings (SSSR count). The van der Waals surface area contributed by atoms with E-state index in [0.717, 1.165) is 23.7 Å². The minimum absolute atomic E-state index is 0.402. The van der Waals surface area contributed by atoms with Crippen LogP contribution in [0, 0.1) is 29.6 Å². The Labute approximate surface area is 99.9 Å². The van der Waals surface area contributed by atoms with Crippen molar-refractivity contribution >= 4 is 0 Å². The van der Waals surface area contributed by atoms with Crippen molar-refractivity contribution in [2.45, 2.75) is 46.5 Å². The van der Waals surface area contributed by atoms with Crippen LogP contribution in [0.2, 0.25) is 0 Å². The Balaban J connectivity index is 2.20. The Morgan fingerprint density at radius 2 is 2.06 bits per heavy atom. The summed E-state index contributed by atoms with van der Waals surface area (Å²) in [6, 6.07) is 0. The smallest absolute Gasteiger partial charge is 0.0462 e. The molecule has 1 saturated carbocycles. The van der Waals surface area contributed by atoms with E-state index in [1.54, 1.807) is 5.57 Å². The third kappa shape index (κ3) is 2.20. The number of fused-ring (bicyclic) bond motifs is 1. The van der Waals surface area contributed by atoms with Crippen molar-refractivity contribution in [2.75, 3.05) is 6.61 Å². The van der Waals surface area contributed by atoms with Gasteiger partial charge in [-0.1, -0.05) is 25.5 Å². The van der Waals surface area contributed by atoms with Crippen LogP contribution in [-0.4, -0.2) is 11.7 Å². The van der Waals surface area contributed by atoms with E-state index in [2.05, 4.69) is 26.8 Å². The van der Waals surface area contributed by atoms with Crippen molar-refractivity contribution in [3.63, 3.8) is 0 Å². The molecule has 92 valence electrons. The number of aliphatic hydroxyl groups excluding tert-OH is 1. The normalized spacial score (nSPS) is 39.4. The zero-order valence-corrected chi connectivity index (χ0v) is 10.9. The van der Waals surface area contributed by atoms with Crippen LogP contribution in [-0.2, 0) is 0 Å². The van der Waals surface area contributed by atoms with Crippen molar-refractivity contribution in [2.24, 2.45) is 29.6 Å². The third-order valence-electron chi connectivity index (χ3n) is 4.90. The fourth-order valence-corrected chi connectivity index (χ4v) is 3.93. The van der Waals surface area contributed by atoms with Gasteiger partial charge in [0, 0.05) is 6.61 Å². The van der Waals surface area contributed by atoms with Crippen LogP contribution in [0.3, 0.4) is 0 Å². The van der Waals surface area contributed by atoms with Gasteiger partial charge in [0.1, 0.15) is 0 Å². The van der Waals surface area contributed by atoms with E-state index in [9.17, 15) is 5.11 Å². The van der Waals surface area contributed by atoms with E-state index >= 15 is 0 Å². The first-order chi connectivity index (χ1) is 7.63. The molecule has 2 aliphatic carbocycles. The molecule has 1 fully saturated rings. The van der Waals surface area contributed by atoms with Gasteiger partial charge in [0.15, 0.2) is 0 Å². The average molecular weight is 222 g/mol. The Morgan fingerprint density at radius 1 is 1.31 bits per heavy atom. The molecule has 1 nitrogen and oxygen atoms in total. The van der Waals surface area contributed by atoms with Crippen LogP contribution in [0.25, 0.3) is 0 Å². The maximum Gasteiger partial charge on any atom is 0.0462 e. The summed E-state index contributed by atoms with van der Waals surface area (Å²) >= 11 is 0. The van der Waals surface area contributed by atoms with Crippen molar-refractivity contribution < 1.29 is 5.11 Å². The van der Waals surface area contributed by atoms with Gasteiger partial charge in [-0.15, -0.1) is 0 Å². The molecule has 2 aliphatic rings. The van der Waals surface area contributed by atoms with Gasteiger partial charge in [-0.3, -0.25) is 0 Å². The molecule has 0 aromatic heterocycles. The van der Waals surface area contributed by atoms with Gasteiger partial charge in [0.05, 0.1) is 0 Å². The largest absolute Gasteiger partial charge is 0.396 e. The molecular formula is C15H26O. The molecule has 1 N–H and O–H groups in total. The Hall–Kier alpha value is -0.300. The minimum atomic E-state index is 0.402. The first-order valence-corrected chi connectivity index (χ1v) is 6.91. The predicted molar refractivity (Wildman–Crippen MR) is 68.1 cm³/mol. The Kier molecular flexibility index (Phi) is 3.73. The highest BCUT2D eigenvalue weighted by molar-refractivity contribution is 5.11. The second-order valence-corrected chi connectivity index (χ2v) is 6.22. The molecule has 4 unspecified atom stereocenters.